The van der Waals surface area contributed by atoms with Crippen molar-refractivity contribution in [3.8, 4) is 0 Å². The molecule has 0 spiro atoms. The number of ether oxygens (including phenoxy) is 1. The molecule has 0 aliphatic heterocycles. The number of aromatic nitrogens is 1. The second-order valence-corrected chi connectivity index (χ2v) is 9.02. The van der Waals surface area contributed by atoms with Crippen molar-refractivity contribution in [2.75, 3.05) is 19.5 Å². The Balaban J connectivity index is 1.99. The zero-order valence-electron chi connectivity index (χ0n) is 17.7. The van der Waals surface area contributed by atoms with Crippen LogP contribution in [0.25, 0.3) is 10.2 Å². The summed E-state index contributed by atoms with van der Waals surface area (Å²) in [5.74, 6) is -0.109. The van der Waals surface area contributed by atoms with E-state index in [1.807, 2.05) is 6.92 Å². The molecule has 6 heteroatoms. The Labute approximate surface area is 180 Å². The number of hydrogen-bond acceptors (Lipinski definition) is 4. The summed E-state index contributed by atoms with van der Waals surface area (Å²) in [6, 6.07) is 10.6. The second kappa shape index (κ2) is 9.74. The van der Waals surface area contributed by atoms with E-state index in [0.29, 0.717) is 26.2 Å². The number of hydrogen-bond donors (Lipinski definition) is 0. The molecule has 154 valence electrons. The van der Waals surface area contributed by atoms with Crippen LogP contribution in [0, 0.1) is 20.8 Å². The molecule has 0 fully saturated rings. The number of benzene rings is 2. The Hall–Kier alpha value is -1.89. The monoisotopic (exact) mass is 428 g/mol. The standard InChI is InChI=1S/C23H28N2O2S2/c1-6-27-10-9-25-20-8-7-18(28-5)13-21(20)29-23(25)24-22(26)14-19-16(3)11-15(2)12-17(19)4/h7-8,11-13H,6,9-10,14H2,1-5H3. The number of thiazole rings is 1. The van der Waals surface area contributed by atoms with Gasteiger partial charge in [-0.05, 0) is 68.8 Å². The Morgan fingerprint density at radius 3 is 2.55 bits per heavy atom. The first-order valence-electron chi connectivity index (χ1n) is 9.82. The van der Waals surface area contributed by atoms with Crippen LogP contribution < -0.4 is 4.80 Å². The van der Waals surface area contributed by atoms with Crippen LogP contribution >= 0.6 is 23.1 Å². The van der Waals surface area contributed by atoms with Crippen LogP contribution in [0.1, 0.15) is 29.2 Å². The summed E-state index contributed by atoms with van der Waals surface area (Å²) in [4.78, 5) is 19.3. The zero-order valence-corrected chi connectivity index (χ0v) is 19.4. The minimum atomic E-state index is -0.109. The lowest BCUT2D eigenvalue weighted by Crippen LogP contribution is -2.20. The van der Waals surface area contributed by atoms with Gasteiger partial charge >= 0.3 is 0 Å². The quantitative estimate of drug-likeness (QED) is 0.390. The van der Waals surface area contributed by atoms with E-state index in [1.165, 1.54) is 10.5 Å². The van der Waals surface area contributed by atoms with E-state index in [-0.39, 0.29) is 5.91 Å². The van der Waals surface area contributed by atoms with Gasteiger partial charge < -0.3 is 9.30 Å². The molecule has 0 aliphatic carbocycles. The largest absolute Gasteiger partial charge is 0.380 e. The first-order chi connectivity index (χ1) is 13.9. The molecule has 29 heavy (non-hydrogen) atoms. The maximum absolute atomic E-state index is 12.8. The molecule has 0 atom stereocenters. The van der Waals surface area contributed by atoms with Gasteiger partial charge in [-0.15, -0.1) is 11.8 Å². The van der Waals surface area contributed by atoms with Gasteiger partial charge in [0, 0.05) is 18.0 Å². The third-order valence-corrected chi connectivity index (χ3v) is 6.71. The van der Waals surface area contributed by atoms with Gasteiger partial charge in [0.1, 0.15) is 0 Å². The fourth-order valence-electron chi connectivity index (χ4n) is 3.57. The minimum Gasteiger partial charge on any atom is -0.380 e. The molecule has 0 bridgehead atoms. The van der Waals surface area contributed by atoms with Crippen molar-refractivity contribution >= 4 is 39.2 Å². The van der Waals surface area contributed by atoms with Gasteiger partial charge in [-0.3, -0.25) is 4.79 Å². The maximum atomic E-state index is 12.8. The summed E-state index contributed by atoms with van der Waals surface area (Å²) in [5.41, 5.74) is 5.70. The molecule has 0 saturated heterocycles. The Morgan fingerprint density at radius 1 is 1.17 bits per heavy atom. The fraction of sp³-hybridized carbons (Fsp3) is 0.391. The summed E-state index contributed by atoms with van der Waals surface area (Å²) in [6.07, 6.45) is 2.40. The predicted molar refractivity (Wildman–Crippen MR) is 123 cm³/mol. The predicted octanol–water partition coefficient (Wildman–Crippen LogP) is 5.06. The van der Waals surface area contributed by atoms with Crippen LogP contribution in [0.4, 0.5) is 0 Å². The molecule has 1 heterocycles. The molecule has 0 unspecified atom stereocenters. The van der Waals surface area contributed by atoms with Crippen LogP contribution in [-0.2, 0) is 22.5 Å². The number of carbonyl (C=O) groups is 1. The van der Waals surface area contributed by atoms with Gasteiger partial charge in [0.2, 0.25) is 0 Å². The van der Waals surface area contributed by atoms with Crippen molar-refractivity contribution in [3.05, 3.63) is 57.4 Å². The average Bonchev–Trinajstić information content (AvgIpc) is 3.01. The number of amides is 1. The summed E-state index contributed by atoms with van der Waals surface area (Å²) in [5, 5.41) is 0. The fourth-order valence-corrected chi connectivity index (χ4v) is 5.20. The number of fused-ring (bicyclic) bond motifs is 1. The minimum absolute atomic E-state index is 0.109. The summed E-state index contributed by atoms with van der Waals surface area (Å²) in [7, 11) is 0. The lowest BCUT2D eigenvalue weighted by atomic mass is 9.97. The van der Waals surface area contributed by atoms with Crippen molar-refractivity contribution in [3.63, 3.8) is 0 Å². The lowest BCUT2D eigenvalue weighted by Gasteiger charge is -2.09. The Kier molecular flexibility index (Phi) is 7.33. The SMILES string of the molecule is CCOCCn1c(=NC(=O)Cc2c(C)cc(C)cc2C)sc2cc(SC)ccc21. The van der Waals surface area contributed by atoms with Gasteiger partial charge in [0.15, 0.2) is 4.80 Å². The number of thioether (sulfide) groups is 1. The van der Waals surface area contributed by atoms with Crippen molar-refractivity contribution in [1.82, 2.24) is 4.57 Å². The first kappa shape index (κ1) is 21.8. The normalized spacial score (nSPS) is 12.1. The van der Waals surface area contributed by atoms with E-state index in [2.05, 4.69) is 66.9 Å². The third-order valence-electron chi connectivity index (χ3n) is 4.94. The Morgan fingerprint density at radius 2 is 1.90 bits per heavy atom. The highest BCUT2D eigenvalue weighted by Crippen LogP contribution is 2.24. The molecule has 3 aromatic rings. The van der Waals surface area contributed by atoms with Crippen molar-refractivity contribution in [1.29, 1.82) is 0 Å². The van der Waals surface area contributed by atoms with Crippen LogP contribution in [-0.4, -0.2) is 29.9 Å². The molecule has 0 radical (unpaired) electrons. The second-order valence-electron chi connectivity index (χ2n) is 7.13. The van der Waals surface area contributed by atoms with Crippen molar-refractivity contribution < 1.29 is 9.53 Å². The van der Waals surface area contributed by atoms with E-state index in [4.69, 9.17) is 4.74 Å². The van der Waals surface area contributed by atoms with Gasteiger partial charge in [-0.1, -0.05) is 29.0 Å². The van der Waals surface area contributed by atoms with Gasteiger partial charge in [0.05, 0.1) is 23.2 Å². The summed E-state index contributed by atoms with van der Waals surface area (Å²) >= 11 is 3.28. The van der Waals surface area contributed by atoms with E-state index in [9.17, 15) is 4.79 Å². The molecule has 1 aromatic heterocycles. The Bertz CT molecular complexity index is 1070. The molecule has 4 nitrogen and oxygen atoms in total. The molecular formula is C23H28N2O2S2. The highest BCUT2D eigenvalue weighted by molar-refractivity contribution is 7.98. The number of rotatable bonds is 7. The van der Waals surface area contributed by atoms with E-state index in [1.54, 1.807) is 23.1 Å². The molecule has 2 aromatic carbocycles. The number of aryl methyl sites for hydroxylation is 3. The first-order valence-corrected chi connectivity index (χ1v) is 11.9. The van der Waals surface area contributed by atoms with Crippen molar-refractivity contribution in [2.24, 2.45) is 4.99 Å². The van der Waals surface area contributed by atoms with Gasteiger partial charge in [-0.2, -0.15) is 4.99 Å². The lowest BCUT2D eigenvalue weighted by molar-refractivity contribution is -0.117. The van der Waals surface area contributed by atoms with Crippen molar-refractivity contribution in [2.45, 2.75) is 45.6 Å². The molecule has 1 amide bonds. The van der Waals surface area contributed by atoms with Crippen LogP contribution in [0.3, 0.4) is 0 Å². The highest BCUT2D eigenvalue weighted by Gasteiger charge is 2.12. The average molecular weight is 429 g/mol. The smallest absolute Gasteiger partial charge is 0.252 e. The molecule has 0 saturated carbocycles. The van der Waals surface area contributed by atoms with E-state index < -0.39 is 0 Å². The number of nitrogens with zero attached hydrogens (tertiary/aromatic N) is 2. The van der Waals surface area contributed by atoms with Crippen LogP contribution in [0.15, 0.2) is 40.2 Å². The molecule has 0 N–H and O–H groups in total. The van der Waals surface area contributed by atoms with Gasteiger partial charge in [-0.25, -0.2) is 0 Å². The zero-order chi connectivity index (χ0) is 21.0. The number of carbonyl (C=O) groups excluding carboxylic acids is 1. The van der Waals surface area contributed by atoms with Gasteiger partial charge in [0.25, 0.3) is 5.91 Å². The molecule has 0 aliphatic rings. The van der Waals surface area contributed by atoms with E-state index in [0.717, 1.165) is 31.7 Å². The van der Waals surface area contributed by atoms with Crippen LogP contribution in [0.2, 0.25) is 0 Å². The highest BCUT2D eigenvalue weighted by atomic mass is 32.2. The topological polar surface area (TPSA) is 43.6 Å². The van der Waals surface area contributed by atoms with E-state index >= 15 is 0 Å². The summed E-state index contributed by atoms with van der Waals surface area (Å²) in [6.45, 7) is 10.2. The molecular weight excluding hydrogens is 400 g/mol. The summed E-state index contributed by atoms with van der Waals surface area (Å²) < 4.78 is 8.80. The molecule has 3 rings (SSSR count). The third kappa shape index (κ3) is 5.18. The van der Waals surface area contributed by atoms with Crippen LogP contribution in [0.5, 0.6) is 0 Å². The maximum Gasteiger partial charge on any atom is 0.252 e.